The molecule has 0 aliphatic heterocycles. The highest BCUT2D eigenvalue weighted by Crippen LogP contribution is 2.23. The molecule has 0 amide bonds. The number of aryl methyl sites for hydroxylation is 2. The maximum absolute atomic E-state index is 12.5. The molecule has 3 heteroatoms. The van der Waals surface area contributed by atoms with Crippen LogP contribution in [0.25, 0.3) is 0 Å². The van der Waals surface area contributed by atoms with E-state index in [-0.39, 0.29) is 18.0 Å². The first-order valence-electron chi connectivity index (χ1n) is 6.87. The molecule has 0 N–H and O–H groups in total. The van der Waals surface area contributed by atoms with E-state index in [0.29, 0.717) is 22.5 Å². The van der Waals surface area contributed by atoms with Crippen LogP contribution in [0, 0.1) is 13.8 Å². The van der Waals surface area contributed by atoms with E-state index >= 15 is 0 Å². The summed E-state index contributed by atoms with van der Waals surface area (Å²) in [5, 5.41) is 0. The van der Waals surface area contributed by atoms with Gasteiger partial charge in [0, 0.05) is 11.1 Å². The third-order valence-electron chi connectivity index (χ3n) is 3.58. The molecule has 0 saturated heterocycles. The van der Waals surface area contributed by atoms with Crippen LogP contribution in [0.2, 0.25) is 0 Å². The summed E-state index contributed by atoms with van der Waals surface area (Å²) in [7, 11) is 0. The van der Waals surface area contributed by atoms with Crippen molar-refractivity contribution in [3.63, 3.8) is 0 Å². The van der Waals surface area contributed by atoms with Crippen LogP contribution in [0.15, 0.2) is 47.5 Å². The largest absolute Gasteiger partial charge is 0.294 e. The van der Waals surface area contributed by atoms with E-state index in [4.69, 9.17) is 0 Å². The number of benzene rings is 2. The monoisotopic (exact) mass is 277 g/mol. The molecule has 1 aliphatic rings. The summed E-state index contributed by atoms with van der Waals surface area (Å²) in [5.41, 5.74) is 4.05. The maximum atomic E-state index is 12.5. The topological polar surface area (TPSA) is 46.5 Å². The Kier molecular flexibility index (Phi) is 3.26. The number of ketones is 2. The van der Waals surface area contributed by atoms with Gasteiger partial charge in [-0.25, -0.2) is 4.99 Å². The Morgan fingerprint density at radius 3 is 2.43 bits per heavy atom. The maximum Gasteiger partial charge on any atom is 0.208 e. The van der Waals surface area contributed by atoms with Crippen LogP contribution < -0.4 is 0 Å². The molecular weight excluding hydrogens is 262 g/mol. The van der Waals surface area contributed by atoms with Gasteiger partial charge in [0.05, 0.1) is 17.8 Å². The minimum atomic E-state index is -0.144. The first-order chi connectivity index (χ1) is 10.0. The van der Waals surface area contributed by atoms with E-state index < -0.39 is 0 Å². The normalized spacial score (nSPS) is 16.2. The van der Waals surface area contributed by atoms with Gasteiger partial charge >= 0.3 is 0 Å². The fraction of sp³-hybridized carbons (Fsp3) is 0.167. The van der Waals surface area contributed by atoms with E-state index in [2.05, 4.69) is 4.99 Å². The quantitative estimate of drug-likeness (QED) is 0.795. The second-order valence-corrected chi connectivity index (χ2v) is 5.38. The van der Waals surface area contributed by atoms with Crippen molar-refractivity contribution in [1.82, 2.24) is 0 Å². The smallest absolute Gasteiger partial charge is 0.208 e. The molecule has 104 valence electrons. The summed E-state index contributed by atoms with van der Waals surface area (Å²) in [6.45, 7) is 3.88. The summed E-state index contributed by atoms with van der Waals surface area (Å²) >= 11 is 0. The lowest BCUT2D eigenvalue weighted by atomic mass is 9.87. The molecule has 0 heterocycles. The first-order valence-corrected chi connectivity index (χ1v) is 6.87. The fourth-order valence-electron chi connectivity index (χ4n) is 2.52. The highest BCUT2D eigenvalue weighted by molar-refractivity contribution is 6.53. The summed E-state index contributed by atoms with van der Waals surface area (Å²) in [6.07, 6.45) is 0.0723. The minimum absolute atomic E-state index is 0.0454. The molecule has 21 heavy (non-hydrogen) atoms. The van der Waals surface area contributed by atoms with Crippen molar-refractivity contribution in [2.75, 3.05) is 0 Å². The number of Topliss-reactive ketones (excluding diaryl/α,β-unsaturated/α-hetero) is 2. The molecule has 0 aromatic heterocycles. The summed E-state index contributed by atoms with van der Waals surface area (Å²) in [5.74, 6) is -0.189. The molecule has 0 radical (unpaired) electrons. The number of rotatable bonds is 1. The molecule has 2 aromatic carbocycles. The van der Waals surface area contributed by atoms with Gasteiger partial charge < -0.3 is 0 Å². The van der Waals surface area contributed by atoms with Crippen molar-refractivity contribution in [3.05, 3.63) is 64.7 Å². The van der Waals surface area contributed by atoms with Crippen LogP contribution in [0.5, 0.6) is 0 Å². The summed E-state index contributed by atoms with van der Waals surface area (Å²) in [4.78, 5) is 29.1. The number of fused-ring (bicyclic) bond motifs is 1. The minimum Gasteiger partial charge on any atom is -0.294 e. The van der Waals surface area contributed by atoms with Gasteiger partial charge in [-0.3, -0.25) is 9.59 Å². The Balaban J connectivity index is 2.07. The Morgan fingerprint density at radius 1 is 0.905 bits per heavy atom. The molecule has 0 atom stereocenters. The average Bonchev–Trinajstić information content (AvgIpc) is 2.44. The van der Waals surface area contributed by atoms with Crippen molar-refractivity contribution >= 4 is 23.0 Å². The molecule has 0 fully saturated rings. The van der Waals surface area contributed by atoms with Gasteiger partial charge in [0.25, 0.3) is 0 Å². The molecule has 1 aliphatic carbocycles. The molecule has 2 aromatic rings. The number of hydrogen-bond acceptors (Lipinski definition) is 3. The second-order valence-electron chi connectivity index (χ2n) is 5.38. The zero-order chi connectivity index (χ0) is 15.0. The molecule has 0 bridgehead atoms. The van der Waals surface area contributed by atoms with E-state index in [1.807, 2.05) is 44.2 Å². The second kappa shape index (κ2) is 5.09. The third-order valence-corrected chi connectivity index (χ3v) is 3.58. The zero-order valence-electron chi connectivity index (χ0n) is 12.0. The molecule has 3 rings (SSSR count). The number of aliphatic imine (C=N–C) groups is 1. The van der Waals surface area contributed by atoms with Gasteiger partial charge in [-0.1, -0.05) is 29.8 Å². The van der Waals surface area contributed by atoms with E-state index in [9.17, 15) is 9.59 Å². The Hall–Kier alpha value is -2.55. The highest BCUT2D eigenvalue weighted by Gasteiger charge is 2.29. The van der Waals surface area contributed by atoms with E-state index in [0.717, 1.165) is 11.1 Å². The molecule has 3 nitrogen and oxygen atoms in total. The highest BCUT2D eigenvalue weighted by atomic mass is 16.1. The van der Waals surface area contributed by atoms with E-state index in [1.54, 1.807) is 12.1 Å². The van der Waals surface area contributed by atoms with Crippen LogP contribution in [-0.4, -0.2) is 17.3 Å². The van der Waals surface area contributed by atoms with Crippen molar-refractivity contribution in [2.24, 2.45) is 4.99 Å². The predicted octanol–water partition coefficient (Wildman–Crippen LogP) is 3.85. The van der Waals surface area contributed by atoms with Crippen molar-refractivity contribution in [3.8, 4) is 0 Å². The average molecular weight is 277 g/mol. The van der Waals surface area contributed by atoms with Crippen LogP contribution >= 0.6 is 0 Å². The van der Waals surface area contributed by atoms with Gasteiger partial charge in [0.2, 0.25) is 5.78 Å². The fourth-order valence-corrected chi connectivity index (χ4v) is 2.52. The standard InChI is InChI=1S/C18H15NO2/c1-11-4-3-5-13(8-11)19-16-10-17(20)14-7-6-12(2)9-15(14)18(16)21/h3-9H,10H2,1-2H3. The van der Waals surface area contributed by atoms with Crippen molar-refractivity contribution < 1.29 is 9.59 Å². The number of hydrogen-bond donors (Lipinski definition) is 0. The Morgan fingerprint density at radius 2 is 1.67 bits per heavy atom. The number of nitrogens with zero attached hydrogens (tertiary/aromatic N) is 1. The zero-order valence-corrected chi connectivity index (χ0v) is 12.0. The molecule has 0 saturated carbocycles. The predicted molar refractivity (Wildman–Crippen MR) is 82.7 cm³/mol. The van der Waals surface area contributed by atoms with Gasteiger partial charge in [0.1, 0.15) is 0 Å². The van der Waals surface area contributed by atoms with Crippen LogP contribution in [0.1, 0.15) is 38.3 Å². The van der Waals surface area contributed by atoms with E-state index in [1.165, 1.54) is 0 Å². The van der Waals surface area contributed by atoms with Gasteiger partial charge in [-0.15, -0.1) is 0 Å². The summed E-state index contributed by atoms with van der Waals surface area (Å²) < 4.78 is 0. The van der Waals surface area contributed by atoms with Gasteiger partial charge in [0.15, 0.2) is 5.78 Å². The molecule has 0 spiro atoms. The third kappa shape index (κ3) is 2.55. The Bertz CT molecular complexity index is 788. The van der Waals surface area contributed by atoms with Crippen molar-refractivity contribution in [2.45, 2.75) is 20.3 Å². The number of carbonyl (C=O) groups excluding carboxylic acids is 2. The number of carbonyl (C=O) groups is 2. The van der Waals surface area contributed by atoms with Crippen LogP contribution in [0.3, 0.4) is 0 Å². The lowest BCUT2D eigenvalue weighted by Gasteiger charge is -2.16. The molecule has 0 unspecified atom stereocenters. The SMILES string of the molecule is Cc1cccc(N=C2CC(=O)c3ccc(C)cc3C2=O)c1. The van der Waals surface area contributed by atoms with Gasteiger partial charge in [-0.05, 0) is 37.6 Å². The lowest BCUT2D eigenvalue weighted by molar-refractivity contribution is 0.0965. The van der Waals surface area contributed by atoms with Crippen molar-refractivity contribution in [1.29, 1.82) is 0 Å². The molecular formula is C18H15NO2. The van der Waals surface area contributed by atoms with Crippen LogP contribution in [-0.2, 0) is 0 Å². The first kappa shape index (κ1) is 13.4. The van der Waals surface area contributed by atoms with Crippen LogP contribution in [0.4, 0.5) is 5.69 Å². The lowest BCUT2D eigenvalue weighted by Crippen LogP contribution is -2.27. The summed E-state index contributed by atoms with van der Waals surface area (Å²) in [6, 6.07) is 12.9. The van der Waals surface area contributed by atoms with Gasteiger partial charge in [-0.2, -0.15) is 0 Å². The Labute approximate surface area is 123 Å².